The van der Waals surface area contributed by atoms with E-state index in [4.69, 9.17) is 3.63 Å². The van der Waals surface area contributed by atoms with Crippen LogP contribution in [0.25, 0.3) is 0 Å². The van der Waals surface area contributed by atoms with Crippen LogP contribution in [0.15, 0.2) is 0 Å². The molecule has 4 nitrogen and oxygen atoms in total. The monoisotopic (exact) mass is 440 g/mol. The molecule has 0 aromatic rings. The Morgan fingerprint density at radius 2 is 0.964 bits per heavy atom. The molecule has 0 aliphatic carbocycles. The zero-order valence-corrected chi connectivity index (χ0v) is 20.8. The summed E-state index contributed by atoms with van der Waals surface area (Å²) in [5, 5.41) is 0. The summed E-state index contributed by atoms with van der Waals surface area (Å²) >= 11 is 0. The maximum absolute atomic E-state index is 11.5. The van der Waals surface area contributed by atoms with Gasteiger partial charge in [0.25, 0.3) is 0 Å². The van der Waals surface area contributed by atoms with Crippen molar-refractivity contribution in [1.82, 2.24) is 0 Å². The number of unbranched alkanes of at least 4 members (excludes halogenated alkanes) is 15. The molecule has 0 aliphatic rings. The molecule has 0 aromatic heterocycles. The third-order valence-corrected chi connectivity index (χ3v) is 10.3. The Hall–Kier alpha value is 0.220. The Kier molecular flexibility index (Phi) is 18.2. The molecule has 0 saturated carbocycles. The molecule has 1 atom stereocenters. The van der Waals surface area contributed by atoms with E-state index in [0.717, 1.165) is 31.5 Å². The van der Waals surface area contributed by atoms with Crippen molar-refractivity contribution < 1.29 is 16.2 Å². The summed E-state index contributed by atoms with van der Waals surface area (Å²) in [4.78, 5) is 0. The molecule has 0 aliphatic heterocycles. The van der Waals surface area contributed by atoms with Crippen molar-refractivity contribution in [1.29, 1.82) is 0 Å². The van der Waals surface area contributed by atoms with Crippen molar-refractivity contribution in [3.63, 3.8) is 0 Å². The Labute approximate surface area is 178 Å². The van der Waals surface area contributed by atoms with E-state index in [1.54, 1.807) is 0 Å². The zero-order valence-electron chi connectivity index (χ0n) is 19.2. The quantitative estimate of drug-likeness (QED) is 0.173. The molecule has 28 heavy (non-hydrogen) atoms. The van der Waals surface area contributed by atoms with E-state index in [0.29, 0.717) is 0 Å². The minimum atomic E-state index is -3.82. The van der Waals surface area contributed by atoms with Crippen molar-refractivity contribution >= 4 is 20.7 Å². The first kappa shape index (κ1) is 28.2. The molecule has 0 rings (SSSR count). The van der Waals surface area contributed by atoms with Gasteiger partial charge in [0.2, 0.25) is 0 Å². The van der Waals surface area contributed by atoms with E-state index in [1.165, 1.54) is 89.9 Å². The molecule has 0 saturated heterocycles. The summed E-state index contributed by atoms with van der Waals surface area (Å²) in [6, 6.07) is 0. The van der Waals surface area contributed by atoms with Crippen LogP contribution in [-0.4, -0.2) is 33.3 Å². The Balaban J connectivity index is 3.45. The van der Waals surface area contributed by atoms with Gasteiger partial charge in [-0.05, 0) is 18.4 Å². The highest BCUT2D eigenvalue weighted by molar-refractivity contribution is 8.32. The summed E-state index contributed by atoms with van der Waals surface area (Å²) in [6.07, 6.45) is 23.5. The van der Waals surface area contributed by atoms with Crippen molar-refractivity contribution in [2.75, 3.05) is 24.9 Å². The summed E-state index contributed by atoms with van der Waals surface area (Å²) in [7, 11) is -4.25. The van der Waals surface area contributed by atoms with Gasteiger partial charge in [-0.25, -0.2) is 0 Å². The predicted octanol–water partition coefficient (Wildman–Crippen LogP) is 7.53. The molecule has 0 spiro atoms. The molecule has 0 amide bonds. The van der Waals surface area contributed by atoms with Crippen molar-refractivity contribution in [2.45, 2.75) is 117 Å². The van der Waals surface area contributed by atoms with Gasteiger partial charge in [-0.1, -0.05) is 110 Å². The van der Waals surface area contributed by atoms with Gasteiger partial charge in [0.1, 0.15) is 0 Å². The lowest BCUT2D eigenvalue weighted by Gasteiger charge is -2.32. The third-order valence-electron chi connectivity index (χ3n) is 5.49. The molecule has 0 heterocycles. The summed E-state index contributed by atoms with van der Waals surface area (Å²) in [6.45, 7) is 4.27. The lowest BCUT2D eigenvalue weighted by atomic mass is 10.0. The van der Waals surface area contributed by atoms with Crippen LogP contribution in [-0.2, 0) is 18.2 Å². The second-order valence-corrected chi connectivity index (χ2v) is 13.2. The minimum Gasteiger partial charge on any atom is -0.251 e. The van der Waals surface area contributed by atoms with Crippen LogP contribution in [0.3, 0.4) is 0 Å². The Morgan fingerprint density at radius 3 is 1.29 bits per heavy atom. The van der Waals surface area contributed by atoms with Gasteiger partial charge >= 0.3 is 10.4 Å². The molecule has 1 unspecified atom stereocenters. The smallest absolute Gasteiger partial charge is 0.251 e. The Bertz CT molecular complexity index is 440. The lowest BCUT2D eigenvalue weighted by molar-refractivity contribution is 0.340. The molecule has 172 valence electrons. The average Bonchev–Trinajstić information content (AvgIpc) is 2.67. The average molecular weight is 441 g/mol. The van der Waals surface area contributed by atoms with Crippen molar-refractivity contribution in [2.24, 2.45) is 0 Å². The van der Waals surface area contributed by atoms with Crippen LogP contribution in [0.5, 0.6) is 0 Å². The lowest BCUT2D eigenvalue weighted by Crippen LogP contribution is -2.16. The fourth-order valence-corrected chi connectivity index (χ4v) is 7.00. The number of hydrogen-bond acceptors (Lipinski definition) is 4. The zero-order chi connectivity index (χ0) is 21.1. The molecular formula is C22H48O4S2. The van der Waals surface area contributed by atoms with Gasteiger partial charge in [0.15, 0.2) is 0 Å². The van der Waals surface area contributed by atoms with Crippen LogP contribution in [0, 0.1) is 0 Å². The topological polar surface area (TPSA) is 52.6 Å². The SMILES string of the molecule is CCCCCCCCCCCCCCCCCCS(C)(CC)OS(=O)(=O)OC. The Morgan fingerprint density at radius 1 is 0.607 bits per heavy atom. The van der Waals surface area contributed by atoms with Crippen LogP contribution >= 0.6 is 10.3 Å². The van der Waals surface area contributed by atoms with Crippen LogP contribution < -0.4 is 0 Å². The van der Waals surface area contributed by atoms with Gasteiger partial charge in [-0.3, -0.25) is 4.18 Å². The maximum Gasteiger partial charge on any atom is 0.409 e. The first-order chi connectivity index (χ1) is 13.4. The molecule has 6 heteroatoms. The number of rotatable bonds is 21. The predicted molar refractivity (Wildman–Crippen MR) is 125 cm³/mol. The van der Waals surface area contributed by atoms with E-state index >= 15 is 0 Å². The first-order valence-corrected chi connectivity index (χ1v) is 15.3. The van der Waals surface area contributed by atoms with Crippen molar-refractivity contribution in [3.8, 4) is 0 Å². The molecule has 0 radical (unpaired) electrons. The van der Waals surface area contributed by atoms with E-state index in [-0.39, 0.29) is 0 Å². The van der Waals surface area contributed by atoms with E-state index in [2.05, 4.69) is 11.1 Å². The highest BCUT2D eigenvalue weighted by Crippen LogP contribution is 2.47. The van der Waals surface area contributed by atoms with Crippen LogP contribution in [0.1, 0.15) is 117 Å². The van der Waals surface area contributed by atoms with Gasteiger partial charge in [-0.2, -0.15) is 12.0 Å². The van der Waals surface area contributed by atoms with Crippen LogP contribution in [0.2, 0.25) is 0 Å². The second-order valence-electron chi connectivity index (χ2n) is 8.12. The van der Waals surface area contributed by atoms with Gasteiger partial charge < -0.3 is 0 Å². The first-order valence-electron chi connectivity index (χ1n) is 11.6. The summed E-state index contributed by atoms with van der Waals surface area (Å²) < 4.78 is 32.8. The largest absolute Gasteiger partial charge is 0.409 e. The minimum absolute atomic E-state index is 0.744. The van der Waals surface area contributed by atoms with E-state index in [9.17, 15) is 8.42 Å². The fourth-order valence-electron chi connectivity index (χ4n) is 3.41. The fraction of sp³-hybridized carbons (Fsp3) is 1.00. The molecule has 0 bridgehead atoms. The molecule has 0 aromatic carbocycles. The second kappa shape index (κ2) is 18.0. The number of hydrogen-bond donors (Lipinski definition) is 0. The standard InChI is InChI=1S/C22H48O4S2/c1-5-7-8-9-10-11-12-13-14-15-16-17-18-19-20-21-22-27(4,6-2)26-28(23,24)25-3/h5-22H2,1-4H3. The van der Waals surface area contributed by atoms with E-state index in [1.807, 2.05) is 13.2 Å². The molecule has 0 N–H and O–H groups in total. The van der Waals surface area contributed by atoms with Crippen LogP contribution in [0.4, 0.5) is 0 Å². The highest BCUT2D eigenvalue weighted by atomic mass is 32.3. The third kappa shape index (κ3) is 17.1. The van der Waals surface area contributed by atoms with Gasteiger partial charge in [0, 0.05) is 5.75 Å². The normalized spacial score (nSPS) is 15.4. The summed E-state index contributed by atoms with van der Waals surface area (Å²) in [5.41, 5.74) is 0. The van der Waals surface area contributed by atoms with Gasteiger partial charge in [-0.15, -0.1) is 10.3 Å². The summed E-state index contributed by atoms with van der Waals surface area (Å²) in [5.74, 6) is 1.58. The molecule has 0 fully saturated rings. The van der Waals surface area contributed by atoms with Gasteiger partial charge in [0.05, 0.1) is 7.11 Å². The van der Waals surface area contributed by atoms with E-state index < -0.39 is 20.7 Å². The maximum atomic E-state index is 11.5. The van der Waals surface area contributed by atoms with Crippen molar-refractivity contribution in [3.05, 3.63) is 0 Å². The molecular weight excluding hydrogens is 392 g/mol. The highest BCUT2D eigenvalue weighted by Gasteiger charge is 2.24.